The van der Waals surface area contributed by atoms with Gasteiger partial charge in [-0.1, -0.05) is 11.6 Å². The maximum atomic E-state index is 12.8. The molecule has 2 rings (SSSR count). The number of rotatable bonds is 3. The van der Waals surface area contributed by atoms with Crippen LogP contribution in [0.5, 0.6) is 0 Å². The zero-order valence-electron chi connectivity index (χ0n) is 10.0. The third kappa shape index (κ3) is 2.62. The highest BCUT2D eigenvalue weighted by Gasteiger charge is 2.38. The first-order chi connectivity index (χ1) is 9.20. The summed E-state index contributed by atoms with van der Waals surface area (Å²) >= 11 is 5.67. The molecular weight excluding hydrogens is 301 g/mol. The van der Waals surface area contributed by atoms with Crippen LogP contribution in [0.25, 0.3) is 5.82 Å². The summed E-state index contributed by atoms with van der Waals surface area (Å²) in [4.78, 5) is 10.7. The molecule has 0 fully saturated rings. The molecule has 2 aromatic rings. The number of carbonyl (C=O) groups is 1. The molecule has 2 aromatic heterocycles. The van der Waals surface area contributed by atoms with Gasteiger partial charge in [-0.3, -0.25) is 4.79 Å². The number of alkyl halides is 3. The highest BCUT2D eigenvalue weighted by molar-refractivity contribution is 6.30. The van der Waals surface area contributed by atoms with E-state index in [1.54, 1.807) is 0 Å². The van der Waals surface area contributed by atoms with Crippen molar-refractivity contribution >= 4 is 17.6 Å². The van der Waals surface area contributed by atoms with Gasteiger partial charge in [0, 0.05) is 5.56 Å². The van der Waals surface area contributed by atoms with E-state index < -0.39 is 24.4 Å². The maximum Gasteiger partial charge on any atom is 0.435 e. The topological polar surface area (TPSA) is 72.9 Å². The molecule has 2 heterocycles. The molecule has 0 aliphatic rings. The largest absolute Gasteiger partial charge is 0.480 e. The molecule has 0 saturated heterocycles. The number of nitrogens with zero attached hydrogens (tertiary/aromatic N) is 4. The summed E-state index contributed by atoms with van der Waals surface area (Å²) in [6.45, 7) is 0.475. The van der Waals surface area contributed by atoms with Gasteiger partial charge in [0.15, 0.2) is 11.5 Å². The zero-order chi connectivity index (χ0) is 15.1. The van der Waals surface area contributed by atoms with Gasteiger partial charge in [-0.05, 0) is 6.92 Å². The lowest BCUT2D eigenvalue weighted by atomic mass is 10.2. The minimum Gasteiger partial charge on any atom is -0.480 e. The average molecular weight is 309 g/mol. The van der Waals surface area contributed by atoms with E-state index in [9.17, 15) is 18.0 Å². The van der Waals surface area contributed by atoms with Crippen molar-refractivity contribution in [2.24, 2.45) is 0 Å². The van der Waals surface area contributed by atoms with Crippen LogP contribution in [0.3, 0.4) is 0 Å². The van der Waals surface area contributed by atoms with Gasteiger partial charge in [0.2, 0.25) is 0 Å². The Labute approximate surface area is 115 Å². The van der Waals surface area contributed by atoms with Crippen LogP contribution in [0.2, 0.25) is 5.02 Å². The highest BCUT2D eigenvalue weighted by atomic mass is 35.5. The second-order valence-electron chi connectivity index (χ2n) is 3.95. The first-order valence-electron chi connectivity index (χ1n) is 5.27. The van der Waals surface area contributed by atoms with Crippen LogP contribution >= 0.6 is 11.6 Å². The lowest BCUT2D eigenvalue weighted by Crippen LogP contribution is -2.15. The molecule has 108 valence electrons. The van der Waals surface area contributed by atoms with Crippen LogP contribution < -0.4 is 0 Å². The molecule has 10 heteroatoms. The van der Waals surface area contributed by atoms with Crippen molar-refractivity contribution in [2.45, 2.75) is 19.6 Å². The minimum atomic E-state index is -4.68. The van der Waals surface area contributed by atoms with Crippen molar-refractivity contribution < 1.29 is 23.1 Å². The number of carboxylic acids is 1. The molecule has 0 radical (unpaired) electrons. The van der Waals surface area contributed by atoms with Gasteiger partial charge in [-0.2, -0.15) is 23.4 Å². The Morgan fingerprint density at radius 1 is 1.50 bits per heavy atom. The van der Waals surface area contributed by atoms with E-state index in [-0.39, 0.29) is 16.4 Å². The minimum absolute atomic E-state index is 0.0911. The summed E-state index contributed by atoms with van der Waals surface area (Å²) in [5, 5.41) is 16.0. The summed E-state index contributed by atoms with van der Waals surface area (Å²) in [7, 11) is 0. The van der Waals surface area contributed by atoms with Crippen LogP contribution in [0.4, 0.5) is 13.2 Å². The molecule has 0 unspecified atom stereocenters. The molecule has 1 N–H and O–H groups in total. The lowest BCUT2D eigenvalue weighted by Gasteiger charge is -2.05. The van der Waals surface area contributed by atoms with Gasteiger partial charge >= 0.3 is 12.1 Å². The molecule has 0 saturated carbocycles. The van der Waals surface area contributed by atoms with Crippen LogP contribution in [0, 0.1) is 6.92 Å². The van der Waals surface area contributed by atoms with Crippen LogP contribution in [0.15, 0.2) is 12.4 Å². The van der Waals surface area contributed by atoms with Crippen LogP contribution in [-0.4, -0.2) is 30.6 Å². The SMILES string of the molecule is Cc1c(C(F)(F)F)nn(CC(=O)O)c1-n1cc(Cl)cn1. The van der Waals surface area contributed by atoms with E-state index in [4.69, 9.17) is 16.7 Å². The van der Waals surface area contributed by atoms with Crippen molar-refractivity contribution in [1.82, 2.24) is 19.6 Å². The monoisotopic (exact) mass is 308 g/mol. The Bertz CT molecular complexity index is 662. The van der Waals surface area contributed by atoms with Crippen molar-refractivity contribution in [1.29, 1.82) is 0 Å². The summed E-state index contributed by atoms with van der Waals surface area (Å²) in [5.74, 6) is -1.41. The molecule has 0 atom stereocenters. The molecular formula is C10H8ClF3N4O2. The van der Waals surface area contributed by atoms with Crippen LogP contribution in [0.1, 0.15) is 11.3 Å². The number of hydrogen-bond donors (Lipinski definition) is 1. The molecule has 0 aromatic carbocycles. The van der Waals surface area contributed by atoms with Gasteiger partial charge in [0.25, 0.3) is 0 Å². The normalized spacial score (nSPS) is 11.8. The summed E-state index contributed by atoms with van der Waals surface area (Å²) in [6.07, 6.45) is -2.18. The maximum absolute atomic E-state index is 12.8. The Kier molecular flexibility index (Phi) is 3.46. The van der Waals surface area contributed by atoms with E-state index in [1.807, 2.05) is 0 Å². The molecule has 0 amide bonds. The van der Waals surface area contributed by atoms with E-state index in [0.717, 1.165) is 9.36 Å². The van der Waals surface area contributed by atoms with Gasteiger partial charge < -0.3 is 5.11 Å². The number of halogens is 4. The highest BCUT2D eigenvalue weighted by Crippen LogP contribution is 2.33. The Balaban J connectivity index is 2.63. The second kappa shape index (κ2) is 4.82. The molecule has 0 spiro atoms. The van der Waals surface area contributed by atoms with Crippen LogP contribution in [-0.2, 0) is 17.5 Å². The van der Waals surface area contributed by atoms with E-state index in [0.29, 0.717) is 0 Å². The second-order valence-corrected chi connectivity index (χ2v) is 4.39. The third-order valence-corrected chi connectivity index (χ3v) is 2.67. The first kappa shape index (κ1) is 14.4. The molecule has 6 nitrogen and oxygen atoms in total. The van der Waals surface area contributed by atoms with Crippen molar-refractivity contribution in [2.75, 3.05) is 0 Å². The number of carboxylic acid groups (broad SMARTS) is 1. The smallest absolute Gasteiger partial charge is 0.435 e. The lowest BCUT2D eigenvalue weighted by molar-refractivity contribution is -0.143. The van der Waals surface area contributed by atoms with Gasteiger partial charge in [0.05, 0.1) is 17.4 Å². The summed E-state index contributed by atoms with van der Waals surface area (Å²) in [6, 6.07) is 0. The van der Waals surface area contributed by atoms with Crippen molar-refractivity contribution in [3.8, 4) is 5.82 Å². The van der Waals surface area contributed by atoms with Gasteiger partial charge in [-0.25, -0.2) is 9.36 Å². The predicted octanol–water partition coefficient (Wildman–Crippen LogP) is 2.13. The third-order valence-electron chi connectivity index (χ3n) is 2.48. The standard InChI is InChI=1S/C10H8ClF3N4O2/c1-5-8(10(12,13)14)16-18(4-7(19)20)9(5)17-3-6(11)2-15-17/h2-3H,4H2,1H3,(H,19,20). The van der Waals surface area contributed by atoms with Gasteiger partial charge in [0.1, 0.15) is 6.54 Å². The number of hydrogen-bond acceptors (Lipinski definition) is 3. The van der Waals surface area contributed by atoms with E-state index in [1.165, 1.54) is 19.3 Å². The first-order valence-corrected chi connectivity index (χ1v) is 5.65. The summed E-state index contributed by atoms with van der Waals surface area (Å²) < 4.78 is 40.2. The zero-order valence-corrected chi connectivity index (χ0v) is 10.8. The van der Waals surface area contributed by atoms with Gasteiger partial charge in [-0.15, -0.1) is 0 Å². The molecule has 20 heavy (non-hydrogen) atoms. The number of aromatic nitrogens is 4. The Morgan fingerprint density at radius 3 is 2.60 bits per heavy atom. The van der Waals surface area contributed by atoms with Crippen molar-refractivity contribution in [3.63, 3.8) is 0 Å². The Hall–Kier alpha value is -2.03. The summed E-state index contributed by atoms with van der Waals surface area (Å²) in [5.41, 5.74) is -1.38. The van der Waals surface area contributed by atoms with E-state index >= 15 is 0 Å². The predicted molar refractivity (Wildman–Crippen MR) is 61.7 cm³/mol. The molecule has 0 bridgehead atoms. The average Bonchev–Trinajstić information content (AvgIpc) is 2.81. The van der Waals surface area contributed by atoms with Crippen molar-refractivity contribution in [3.05, 3.63) is 28.7 Å². The quantitative estimate of drug-likeness (QED) is 0.943. The number of aliphatic carboxylic acids is 1. The van der Waals surface area contributed by atoms with E-state index in [2.05, 4.69) is 10.2 Å². The fourth-order valence-corrected chi connectivity index (χ4v) is 1.89. The fraction of sp³-hybridized carbons (Fsp3) is 0.300. The Morgan fingerprint density at radius 2 is 2.15 bits per heavy atom. The fourth-order valence-electron chi connectivity index (χ4n) is 1.76. The molecule has 0 aliphatic heterocycles. The molecule has 0 aliphatic carbocycles.